The van der Waals surface area contributed by atoms with E-state index in [9.17, 15) is 9.59 Å². The molecule has 0 aliphatic rings. The standard InChI is InChI=1S/C24H31NO6/c1-8-29-20-18(30-23(2,3)4)13-16(14-19(20)31-24(5,6)7)21(26)25-17-11-9-15(10-12-17)22(27)28/h9-14H,8H2,1-7H3,(H,25,26)(H,27,28). The molecule has 0 saturated carbocycles. The van der Waals surface area contributed by atoms with Crippen LogP contribution in [-0.4, -0.2) is 34.8 Å². The van der Waals surface area contributed by atoms with E-state index in [0.717, 1.165) is 0 Å². The number of rotatable bonds is 7. The highest BCUT2D eigenvalue weighted by Crippen LogP contribution is 2.42. The number of carboxylic acids is 1. The quantitative estimate of drug-likeness (QED) is 0.613. The average molecular weight is 430 g/mol. The van der Waals surface area contributed by atoms with Gasteiger partial charge in [0.05, 0.1) is 12.2 Å². The van der Waals surface area contributed by atoms with Gasteiger partial charge in [-0.3, -0.25) is 4.79 Å². The molecule has 0 atom stereocenters. The van der Waals surface area contributed by atoms with Gasteiger partial charge in [0.25, 0.3) is 5.91 Å². The van der Waals surface area contributed by atoms with Crippen LogP contribution >= 0.6 is 0 Å². The van der Waals surface area contributed by atoms with Gasteiger partial charge in [-0.05, 0) is 84.9 Å². The minimum absolute atomic E-state index is 0.140. The minimum Gasteiger partial charge on any atom is -0.487 e. The number of anilines is 1. The maximum Gasteiger partial charge on any atom is 0.335 e. The third-order valence-corrected chi connectivity index (χ3v) is 3.79. The van der Waals surface area contributed by atoms with E-state index in [1.807, 2.05) is 48.5 Å². The van der Waals surface area contributed by atoms with Crippen molar-refractivity contribution in [3.8, 4) is 17.2 Å². The Balaban J connectivity index is 2.46. The predicted octanol–water partition coefficient (Wildman–Crippen LogP) is 5.39. The smallest absolute Gasteiger partial charge is 0.335 e. The Kier molecular flexibility index (Phi) is 7.21. The zero-order valence-corrected chi connectivity index (χ0v) is 19.2. The molecule has 0 spiro atoms. The molecule has 0 bridgehead atoms. The normalized spacial score (nSPS) is 11.6. The summed E-state index contributed by atoms with van der Waals surface area (Å²) in [5, 5.41) is 11.8. The van der Waals surface area contributed by atoms with Gasteiger partial charge in [-0.15, -0.1) is 0 Å². The molecule has 0 aromatic heterocycles. The van der Waals surface area contributed by atoms with Gasteiger partial charge in [-0.2, -0.15) is 0 Å². The Morgan fingerprint density at radius 2 is 1.35 bits per heavy atom. The van der Waals surface area contributed by atoms with Crippen molar-refractivity contribution >= 4 is 17.6 Å². The largest absolute Gasteiger partial charge is 0.487 e. The molecule has 31 heavy (non-hydrogen) atoms. The van der Waals surface area contributed by atoms with E-state index < -0.39 is 17.2 Å². The highest BCUT2D eigenvalue weighted by atomic mass is 16.6. The molecule has 0 heterocycles. The number of hydrogen-bond acceptors (Lipinski definition) is 5. The molecule has 0 fully saturated rings. The zero-order valence-electron chi connectivity index (χ0n) is 19.2. The van der Waals surface area contributed by atoms with Gasteiger partial charge in [0.15, 0.2) is 11.5 Å². The van der Waals surface area contributed by atoms with Gasteiger partial charge < -0.3 is 24.6 Å². The van der Waals surface area contributed by atoms with Crippen LogP contribution in [0.15, 0.2) is 36.4 Å². The Bertz CT molecular complexity index is 899. The number of amides is 1. The first-order chi connectivity index (χ1) is 14.3. The topological polar surface area (TPSA) is 94.1 Å². The molecule has 7 heteroatoms. The van der Waals surface area contributed by atoms with Crippen molar-refractivity contribution in [2.75, 3.05) is 11.9 Å². The second kappa shape index (κ2) is 9.29. The van der Waals surface area contributed by atoms with Crippen LogP contribution in [0.4, 0.5) is 5.69 Å². The van der Waals surface area contributed by atoms with E-state index in [0.29, 0.717) is 35.1 Å². The number of benzene rings is 2. The van der Waals surface area contributed by atoms with Crippen molar-refractivity contribution < 1.29 is 28.9 Å². The lowest BCUT2D eigenvalue weighted by molar-refractivity contribution is 0.0696. The number of carbonyl (C=O) groups is 2. The van der Waals surface area contributed by atoms with E-state index in [-0.39, 0.29) is 11.5 Å². The van der Waals surface area contributed by atoms with Crippen molar-refractivity contribution in [2.24, 2.45) is 0 Å². The molecule has 2 aromatic rings. The lowest BCUT2D eigenvalue weighted by Gasteiger charge is -2.27. The fourth-order valence-electron chi connectivity index (χ4n) is 2.71. The predicted molar refractivity (Wildman–Crippen MR) is 120 cm³/mol. The first kappa shape index (κ1) is 24.1. The molecule has 168 valence electrons. The molecule has 2 N–H and O–H groups in total. The molecule has 0 aliphatic carbocycles. The van der Waals surface area contributed by atoms with Crippen LogP contribution < -0.4 is 19.5 Å². The summed E-state index contributed by atoms with van der Waals surface area (Å²) in [5.74, 6) is -0.166. The van der Waals surface area contributed by atoms with Gasteiger partial charge in [-0.1, -0.05) is 0 Å². The second-order valence-corrected chi connectivity index (χ2v) is 9.00. The molecule has 0 aliphatic heterocycles. The summed E-state index contributed by atoms with van der Waals surface area (Å²) in [6.07, 6.45) is 0. The number of ether oxygens (including phenoxy) is 3. The minimum atomic E-state index is -1.03. The maximum absolute atomic E-state index is 13.0. The van der Waals surface area contributed by atoms with Gasteiger partial charge in [0.2, 0.25) is 5.75 Å². The van der Waals surface area contributed by atoms with Crippen LogP contribution in [0.5, 0.6) is 17.2 Å². The first-order valence-electron chi connectivity index (χ1n) is 10.1. The van der Waals surface area contributed by atoms with Crippen molar-refractivity contribution in [3.05, 3.63) is 47.5 Å². The van der Waals surface area contributed by atoms with Crippen molar-refractivity contribution in [1.29, 1.82) is 0 Å². The lowest BCUT2D eigenvalue weighted by atomic mass is 10.1. The SMILES string of the molecule is CCOc1c(OC(C)(C)C)cc(C(=O)Nc2ccc(C(=O)O)cc2)cc1OC(C)(C)C. The van der Waals surface area contributed by atoms with Gasteiger partial charge in [0, 0.05) is 11.3 Å². The van der Waals surface area contributed by atoms with Crippen LogP contribution in [0.3, 0.4) is 0 Å². The summed E-state index contributed by atoms with van der Waals surface area (Å²) in [5.41, 5.74) is -0.107. The van der Waals surface area contributed by atoms with Crippen molar-refractivity contribution in [1.82, 2.24) is 0 Å². The summed E-state index contributed by atoms with van der Waals surface area (Å²) in [7, 11) is 0. The molecule has 7 nitrogen and oxygen atoms in total. The van der Waals surface area contributed by atoms with Crippen LogP contribution in [0.25, 0.3) is 0 Å². The summed E-state index contributed by atoms with van der Waals surface area (Å²) >= 11 is 0. The number of aromatic carboxylic acids is 1. The molecule has 0 saturated heterocycles. The molecule has 1 amide bonds. The molecular formula is C24H31NO6. The summed E-state index contributed by atoms with van der Waals surface area (Å²) < 4.78 is 18.0. The highest BCUT2D eigenvalue weighted by Gasteiger charge is 2.25. The van der Waals surface area contributed by atoms with E-state index in [4.69, 9.17) is 19.3 Å². The number of carbonyl (C=O) groups excluding carboxylic acids is 1. The fourth-order valence-corrected chi connectivity index (χ4v) is 2.71. The monoisotopic (exact) mass is 429 g/mol. The first-order valence-corrected chi connectivity index (χ1v) is 10.1. The summed E-state index contributed by atoms with van der Waals surface area (Å²) in [6, 6.07) is 9.17. The third kappa shape index (κ3) is 7.20. The molecule has 2 aromatic carbocycles. The van der Waals surface area contributed by atoms with Crippen LogP contribution in [-0.2, 0) is 0 Å². The Labute approximate surface area is 183 Å². The number of nitrogens with one attached hydrogen (secondary N) is 1. The molecule has 0 radical (unpaired) electrons. The number of hydrogen-bond donors (Lipinski definition) is 2. The Morgan fingerprint density at radius 3 is 1.74 bits per heavy atom. The maximum atomic E-state index is 13.0. The second-order valence-electron chi connectivity index (χ2n) is 9.00. The van der Waals surface area contributed by atoms with Gasteiger partial charge in [0.1, 0.15) is 11.2 Å². The van der Waals surface area contributed by atoms with Crippen LogP contribution in [0.1, 0.15) is 69.2 Å². The van der Waals surface area contributed by atoms with E-state index in [1.54, 1.807) is 12.1 Å². The molecular weight excluding hydrogens is 398 g/mol. The zero-order chi connectivity index (χ0) is 23.4. The van der Waals surface area contributed by atoms with Crippen molar-refractivity contribution in [3.63, 3.8) is 0 Å². The lowest BCUT2D eigenvalue weighted by Crippen LogP contribution is -2.26. The van der Waals surface area contributed by atoms with Gasteiger partial charge >= 0.3 is 5.97 Å². The van der Waals surface area contributed by atoms with Gasteiger partial charge in [-0.25, -0.2) is 4.79 Å². The van der Waals surface area contributed by atoms with E-state index in [1.165, 1.54) is 24.3 Å². The van der Waals surface area contributed by atoms with E-state index in [2.05, 4.69) is 5.32 Å². The molecule has 2 rings (SSSR count). The van der Waals surface area contributed by atoms with Crippen LogP contribution in [0, 0.1) is 0 Å². The van der Waals surface area contributed by atoms with Crippen molar-refractivity contribution in [2.45, 2.75) is 59.7 Å². The summed E-state index contributed by atoms with van der Waals surface area (Å²) in [4.78, 5) is 24.0. The highest BCUT2D eigenvalue weighted by molar-refractivity contribution is 6.05. The van der Waals surface area contributed by atoms with Crippen LogP contribution in [0.2, 0.25) is 0 Å². The molecule has 0 unspecified atom stereocenters. The fraction of sp³-hybridized carbons (Fsp3) is 0.417. The Hall–Kier alpha value is -3.22. The average Bonchev–Trinajstić information content (AvgIpc) is 2.62. The Morgan fingerprint density at radius 1 is 0.871 bits per heavy atom. The third-order valence-electron chi connectivity index (χ3n) is 3.79. The van der Waals surface area contributed by atoms with E-state index >= 15 is 0 Å². The number of carboxylic acid groups (broad SMARTS) is 1. The summed E-state index contributed by atoms with van der Waals surface area (Å²) in [6.45, 7) is 13.7.